The average Bonchev–Trinajstić information content (AvgIpc) is 2.97. The Morgan fingerprint density at radius 1 is 1.17 bits per heavy atom. The minimum atomic E-state index is -0.544. The Labute approximate surface area is 129 Å². The maximum Gasteiger partial charge on any atom is 0.281 e. The van der Waals surface area contributed by atoms with Crippen molar-refractivity contribution in [1.29, 1.82) is 0 Å². The van der Waals surface area contributed by atoms with E-state index in [1.54, 1.807) is 24.4 Å². The smallest absolute Gasteiger partial charge is 0.281 e. The van der Waals surface area contributed by atoms with Crippen molar-refractivity contribution in [1.82, 2.24) is 19.7 Å². The van der Waals surface area contributed by atoms with Gasteiger partial charge >= 0.3 is 0 Å². The van der Waals surface area contributed by atoms with Crippen LogP contribution >= 0.6 is 0 Å². The average molecular weight is 310 g/mol. The van der Waals surface area contributed by atoms with Crippen molar-refractivity contribution in [3.63, 3.8) is 0 Å². The minimum absolute atomic E-state index is 0.0889. The van der Waals surface area contributed by atoms with E-state index in [2.05, 4.69) is 15.1 Å². The number of rotatable bonds is 3. The molecule has 0 saturated heterocycles. The third-order valence-corrected chi connectivity index (χ3v) is 3.04. The van der Waals surface area contributed by atoms with Crippen molar-refractivity contribution in [2.24, 2.45) is 0 Å². The first-order valence-corrected chi connectivity index (χ1v) is 6.49. The van der Waals surface area contributed by atoms with Crippen LogP contribution in [0.1, 0.15) is 10.4 Å². The zero-order valence-electron chi connectivity index (χ0n) is 11.7. The molecule has 2 heterocycles. The number of benzene rings is 1. The maximum atomic E-state index is 12.4. The van der Waals surface area contributed by atoms with Crippen LogP contribution in [0, 0.1) is 10.1 Å². The number of hydrogen-bond donors (Lipinski definition) is 1. The molecule has 9 heteroatoms. The summed E-state index contributed by atoms with van der Waals surface area (Å²) in [5.41, 5.74) is 6.31. The number of carbonyl (C=O) groups excluding carboxylic acids is 1. The van der Waals surface area contributed by atoms with Crippen LogP contribution in [0.3, 0.4) is 0 Å². The second-order valence-electron chi connectivity index (χ2n) is 4.53. The molecule has 0 aliphatic rings. The fourth-order valence-corrected chi connectivity index (χ4v) is 1.93. The molecule has 0 unspecified atom stereocenters. The Morgan fingerprint density at radius 2 is 1.91 bits per heavy atom. The Morgan fingerprint density at radius 3 is 2.52 bits per heavy atom. The van der Waals surface area contributed by atoms with E-state index in [0.29, 0.717) is 5.69 Å². The molecule has 0 radical (unpaired) electrons. The molecule has 0 aliphatic heterocycles. The Balaban J connectivity index is 1.94. The Kier molecular flexibility index (Phi) is 3.51. The highest BCUT2D eigenvalue weighted by Gasteiger charge is 2.18. The van der Waals surface area contributed by atoms with Crippen molar-refractivity contribution in [3.8, 4) is 11.5 Å². The zero-order chi connectivity index (χ0) is 16.4. The molecule has 1 aromatic carbocycles. The quantitative estimate of drug-likeness (QED) is 0.573. The molecule has 0 fully saturated rings. The van der Waals surface area contributed by atoms with Gasteiger partial charge in [0.05, 0.1) is 4.92 Å². The van der Waals surface area contributed by atoms with Crippen molar-refractivity contribution in [2.75, 3.05) is 5.73 Å². The number of aromatic nitrogens is 4. The SMILES string of the molecule is Nc1nc(-c2ccccn2)nn1C(=O)c1ccc([N+](=O)[O-])cc1. The number of nitro groups is 1. The summed E-state index contributed by atoms with van der Waals surface area (Å²) < 4.78 is 0.936. The molecule has 0 atom stereocenters. The highest BCUT2D eigenvalue weighted by molar-refractivity contribution is 5.97. The summed E-state index contributed by atoms with van der Waals surface area (Å²) in [7, 11) is 0. The van der Waals surface area contributed by atoms with Crippen LogP contribution in [0.15, 0.2) is 48.7 Å². The molecule has 0 bridgehead atoms. The summed E-state index contributed by atoms with van der Waals surface area (Å²) in [4.78, 5) is 30.6. The van der Waals surface area contributed by atoms with E-state index in [9.17, 15) is 14.9 Å². The molecule has 0 saturated carbocycles. The molecule has 0 spiro atoms. The lowest BCUT2D eigenvalue weighted by Gasteiger charge is -2.01. The number of nitrogen functional groups attached to an aromatic ring is 1. The van der Waals surface area contributed by atoms with E-state index in [1.165, 1.54) is 24.3 Å². The predicted octanol–water partition coefficient (Wildman–Crippen LogP) is 1.52. The van der Waals surface area contributed by atoms with Crippen LogP contribution in [-0.2, 0) is 0 Å². The number of carbonyl (C=O) groups is 1. The molecule has 2 N–H and O–H groups in total. The number of non-ortho nitro benzene ring substituents is 1. The van der Waals surface area contributed by atoms with E-state index in [4.69, 9.17) is 5.73 Å². The summed E-state index contributed by atoms with van der Waals surface area (Å²) >= 11 is 0. The van der Waals surface area contributed by atoms with Gasteiger partial charge in [0.1, 0.15) is 5.69 Å². The highest BCUT2D eigenvalue weighted by atomic mass is 16.6. The first kappa shape index (κ1) is 14.3. The monoisotopic (exact) mass is 310 g/mol. The van der Waals surface area contributed by atoms with Crippen molar-refractivity contribution in [3.05, 3.63) is 64.3 Å². The van der Waals surface area contributed by atoms with E-state index in [0.717, 1.165) is 4.68 Å². The third-order valence-electron chi connectivity index (χ3n) is 3.04. The van der Waals surface area contributed by atoms with E-state index in [-0.39, 0.29) is 23.0 Å². The minimum Gasteiger partial charge on any atom is -0.368 e. The zero-order valence-corrected chi connectivity index (χ0v) is 11.7. The van der Waals surface area contributed by atoms with Gasteiger partial charge in [-0.15, -0.1) is 5.10 Å². The first-order chi connectivity index (χ1) is 11.1. The lowest BCUT2D eigenvalue weighted by molar-refractivity contribution is -0.384. The first-order valence-electron chi connectivity index (χ1n) is 6.49. The molecule has 9 nitrogen and oxygen atoms in total. The molecule has 23 heavy (non-hydrogen) atoms. The van der Waals surface area contributed by atoms with Gasteiger partial charge < -0.3 is 5.73 Å². The summed E-state index contributed by atoms with van der Waals surface area (Å²) in [5.74, 6) is -0.403. The molecule has 0 amide bonds. The van der Waals surface area contributed by atoms with Gasteiger partial charge in [0.15, 0.2) is 0 Å². The van der Waals surface area contributed by atoms with Gasteiger partial charge in [-0.2, -0.15) is 9.67 Å². The van der Waals surface area contributed by atoms with Crippen LogP contribution in [0.2, 0.25) is 0 Å². The van der Waals surface area contributed by atoms with Gasteiger partial charge in [-0.3, -0.25) is 19.9 Å². The van der Waals surface area contributed by atoms with Gasteiger partial charge in [0.2, 0.25) is 11.8 Å². The van der Waals surface area contributed by atoms with Crippen LogP contribution in [0.5, 0.6) is 0 Å². The maximum absolute atomic E-state index is 12.4. The van der Waals surface area contributed by atoms with Crippen molar-refractivity contribution < 1.29 is 9.72 Å². The van der Waals surface area contributed by atoms with E-state index < -0.39 is 10.8 Å². The molecular weight excluding hydrogens is 300 g/mol. The molecule has 0 aliphatic carbocycles. The van der Waals surface area contributed by atoms with Crippen LogP contribution in [-0.4, -0.2) is 30.6 Å². The third kappa shape index (κ3) is 2.75. The number of nitro benzene ring substituents is 1. The van der Waals surface area contributed by atoms with Crippen molar-refractivity contribution >= 4 is 17.5 Å². The Hall–Kier alpha value is -3.62. The number of nitrogens with zero attached hydrogens (tertiary/aromatic N) is 5. The van der Waals surface area contributed by atoms with Gasteiger partial charge in [-0.05, 0) is 24.3 Å². The molecule has 3 aromatic rings. The molecule has 3 rings (SSSR count). The predicted molar refractivity (Wildman–Crippen MR) is 80.5 cm³/mol. The van der Waals surface area contributed by atoms with Crippen LogP contribution < -0.4 is 5.73 Å². The second-order valence-corrected chi connectivity index (χ2v) is 4.53. The molecular formula is C14H10N6O3. The standard InChI is InChI=1S/C14H10N6O3/c15-14-17-12(11-3-1-2-8-16-11)18-19(14)13(21)9-4-6-10(7-5-9)20(22)23/h1-8H,(H2,15,17,18). The van der Waals surface area contributed by atoms with Gasteiger partial charge in [-0.1, -0.05) is 6.07 Å². The van der Waals surface area contributed by atoms with Crippen LogP contribution in [0.4, 0.5) is 11.6 Å². The molecule has 114 valence electrons. The van der Waals surface area contributed by atoms with Crippen LogP contribution in [0.25, 0.3) is 11.5 Å². The van der Waals surface area contributed by atoms with Gasteiger partial charge in [0, 0.05) is 23.9 Å². The summed E-state index contributed by atoms with van der Waals surface area (Å²) in [6, 6.07) is 10.3. The number of hydrogen-bond acceptors (Lipinski definition) is 7. The fraction of sp³-hybridized carbons (Fsp3) is 0. The summed E-state index contributed by atoms with van der Waals surface area (Å²) in [5, 5.41) is 14.7. The van der Waals surface area contributed by atoms with Crippen molar-refractivity contribution in [2.45, 2.75) is 0 Å². The Bertz CT molecular complexity index is 873. The summed E-state index contributed by atoms with van der Waals surface area (Å²) in [6.45, 7) is 0. The lowest BCUT2D eigenvalue weighted by Crippen LogP contribution is -2.16. The highest BCUT2D eigenvalue weighted by Crippen LogP contribution is 2.16. The summed E-state index contributed by atoms with van der Waals surface area (Å²) in [6.07, 6.45) is 1.57. The fourth-order valence-electron chi connectivity index (χ4n) is 1.93. The topological polar surface area (TPSA) is 130 Å². The number of nitrogens with two attached hydrogens (primary N) is 1. The lowest BCUT2D eigenvalue weighted by atomic mass is 10.2. The largest absolute Gasteiger partial charge is 0.368 e. The number of pyridine rings is 1. The van der Waals surface area contributed by atoms with E-state index in [1.807, 2.05) is 0 Å². The normalized spacial score (nSPS) is 10.4. The van der Waals surface area contributed by atoms with E-state index >= 15 is 0 Å². The number of anilines is 1. The van der Waals surface area contributed by atoms with Gasteiger partial charge in [0.25, 0.3) is 11.6 Å². The second kappa shape index (κ2) is 5.64. The van der Waals surface area contributed by atoms with Gasteiger partial charge in [-0.25, -0.2) is 0 Å². The molecule has 2 aromatic heterocycles.